The quantitative estimate of drug-likeness (QED) is 0.491. The van der Waals surface area contributed by atoms with E-state index in [-0.39, 0.29) is 5.88 Å². The Bertz CT molecular complexity index is 632. The molecule has 0 spiro atoms. The number of rotatable bonds is 4. The number of nitro groups is 1. The lowest BCUT2D eigenvalue weighted by molar-refractivity contribution is -0.384. The molecule has 0 saturated carbocycles. The van der Waals surface area contributed by atoms with E-state index in [1.165, 1.54) is 6.20 Å². The largest absolute Gasteiger partial charge is 0.298 e. The molecule has 0 N–H and O–H groups in total. The van der Waals surface area contributed by atoms with Crippen molar-refractivity contribution in [1.82, 2.24) is 15.0 Å². The third-order valence-corrected chi connectivity index (χ3v) is 2.55. The number of benzene rings is 1. The van der Waals surface area contributed by atoms with Gasteiger partial charge in [-0.2, -0.15) is 0 Å². The van der Waals surface area contributed by atoms with Gasteiger partial charge in [-0.1, -0.05) is 5.21 Å². The number of hydrogen-bond donors (Lipinski definition) is 0. The second kappa shape index (κ2) is 5.27. The minimum atomic E-state index is -1.35. The molecule has 0 bridgehead atoms. The molecule has 6 nitrogen and oxygen atoms in total. The normalized spacial score (nSPS) is 10.7. The van der Waals surface area contributed by atoms with Gasteiger partial charge in [-0.3, -0.25) is 10.1 Å². The number of nitro benzene ring substituents is 1. The summed E-state index contributed by atoms with van der Waals surface area (Å²) >= 11 is 5.51. The maximum atomic E-state index is 13.7. The van der Waals surface area contributed by atoms with E-state index >= 15 is 0 Å². The van der Waals surface area contributed by atoms with Gasteiger partial charge in [0.05, 0.1) is 16.8 Å². The highest BCUT2D eigenvalue weighted by Gasteiger charge is 2.24. The Morgan fingerprint density at radius 1 is 1.42 bits per heavy atom. The first-order valence-corrected chi connectivity index (χ1v) is 5.68. The molecule has 1 heterocycles. The molecule has 19 heavy (non-hydrogen) atoms. The van der Waals surface area contributed by atoms with Crippen LogP contribution in [0.5, 0.6) is 0 Å². The summed E-state index contributed by atoms with van der Waals surface area (Å²) in [6.07, 6.45) is 1.64. The van der Waals surface area contributed by atoms with Gasteiger partial charge >= 0.3 is 0 Å². The van der Waals surface area contributed by atoms with Crippen LogP contribution in [0.3, 0.4) is 0 Å². The van der Waals surface area contributed by atoms with Gasteiger partial charge in [0, 0.05) is 18.4 Å². The van der Waals surface area contributed by atoms with Gasteiger partial charge in [0.25, 0.3) is 5.69 Å². The molecule has 100 valence electrons. The zero-order valence-electron chi connectivity index (χ0n) is 9.39. The molecule has 0 saturated heterocycles. The molecule has 2 aromatic rings. The summed E-state index contributed by atoms with van der Waals surface area (Å²) in [6.45, 7) is 0. The van der Waals surface area contributed by atoms with Gasteiger partial charge in [-0.25, -0.2) is 13.5 Å². The Morgan fingerprint density at radius 3 is 2.79 bits per heavy atom. The van der Waals surface area contributed by atoms with Crippen LogP contribution in [-0.2, 0) is 6.42 Å². The monoisotopic (exact) mass is 288 g/mol. The lowest BCUT2D eigenvalue weighted by Crippen LogP contribution is -2.05. The molecule has 0 unspecified atom stereocenters. The van der Waals surface area contributed by atoms with E-state index in [0.29, 0.717) is 18.2 Å². The smallest absolute Gasteiger partial charge is 0.258 e. The Labute approximate surface area is 110 Å². The van der Waals surface area contributed by atoms with Gasteiger partial charge in [-0.05, 0) is 6.07 Å². The zero-order chi connectivity index (χ0) is 14.0. The highest BCUT2D eigenvalue weighted by molar-refractivity contribution is 6.17. The first-order valence-electron chi connectivity index (χ1n) is 5.14. The molecular weight excluding hydrogens is 282 g/mol. The van der Waals surface area contributed by atoms with Gasteiger partial charge in [-0.15, -0.1) is 16.7 Å². The lowest BCUT2D eigenvalue weighted by atomic mass is 10.2. The van der Waals surface area contributed by atoms with E-state index in [2.05, 4.69) is 10.3 Å². The van der Waals surface area contributed by atoms with Crippen molar-refractivity contribution in [3.05, 3.63) is 45.8 Å². The van der Waals surface area contributed by atoms with Crippen molar-refractivity contribution in [2.24, 2.45) is 0 Å². The van der Waals surface area contributed by atoms with Crippen LogP contribution in [0.25, 0.3) is 5.69 Å². The molecule has 0 fully saturated rings. The molecule has 9 heteroatoms. The summed E-state index contributed by atoms with van der Waals surface area (Å²) in [7, 11) is 0. The fraction of sp³-hybridized carbons (Fsp3) is 0.200. The number of nitrogens with zero attached hydrogens (tertiary/aromatic N) is 4. The fourth-order valence-electron chi connectivity index (χ4n) is 1.51. The molecule has 2 rings (SSSR count). The number of hydrogen-bond acceptors (Lipinski definition) is 4. The minimum Gasteiger partial charge on any atom is -0.258 e. The molecule has 0 aliphatic carbocycles. The van der Waals surface area contributed by atoms with Crippen LogP contribution in [0.15, 0.2) is 18.3 Å². The van der Waals surface area contributed by atoms with Crippen LogP contribution in [-0.4, -0.2) is 25.8 Å². The topological polar surface area (TPSA) is 73.8 Å². The Balaban J connectivity index is 2.58. The van der Waals surface area contributed by atoms with E-state index in [1.54, 1.807) is 0 Å². The van der Waals surface area contributed by atoms with E-state index in [9.17, 15) is 18.9 Å². The Hall–Kier alpha value is -2.09. The van der Waals surface area contributed by atoms with E-state index in [0.717, 1.165) is 10.7 Å². The molecule has 0 amide bonds. The highest BCUT2D eigenvalue weighted by atomic mass is 35.5. The van der Waals surface area contributed by atoms with E-state index in [4.69, 9.17) is 11.6 Å². The number of halogens is 3. The maximum absolute atomic E-state index is 13.7. The molecule has 0 aliphatic rings. The molecular formula is C10H7ClF2N4O2. The van der Waals surface area contributed by atoms with Gasteiger partial charge in [0.1, 0.15) is 0 Å². The summed E-state index contributed by atoms with van der Waals surface area (Å²) in [5, 5.41) is 18.0. The number of alkyl halides is 1. The van der Waals surface area contributed by atoms with Crippen LogP contribution in [0.4, 0.5) is 14.5 Å². The minimum absolute atomic E-state index is 0.270. The van der Waals surface area contributed by atoms with Gasteiger partial charge < -0.3 is 0 Å². The van der Waals surface area contributed by atoms with Crippen molar-refractivity contribution in [3.8, 4) is 5.69 Å². The van der Waals surface area contributed by atoms with E-state index in [1.807, 2.05) is 0 Å². The summed E-state index contributed by atoms with van der Waals surface area (Å²) < 4.78 is 27.7. The first kappa shape index (κ1) is 13.3. The molecule has 0 aliphatic heterocycles. The van der Waals surface area contributed by atoms with Crippen molar-refractivity contribution in [2.45, 2.75) is 6.42 Å². The molecule has 1 aromatic heterocycles. The standard InChI is InChI=1S/C10H7ClF2N4O2/c11-4-3-6-5-16(15-14-6)10-8(17(18)19)2-1-7(12)9(10)13/h1-2,5H,3-4H2. The summed E-state index contributed by atoms with van der Waals surface area (Å²) in [5.41, 5.74) is -0.757. The molecule has 0 atom stereocenters. The molecule has 0 radical (unpaired) electrons. The van der Waals surface area contributed by atoms with Crippen LogP contribution >= 0.6 is 11.6 Å². The summed E-state index contributed by atoms with van der Waals surface area (Å²) in [4.78, 5) is 10.0. The van der Waals surface area contributed by atoms with Crippen molar-refractivity contribution in [1.29, 1.82) is 0 Å². The lowest BCUT2D eigenvalue weighted by Gasteiger charge is -2.03. The van der Waals surface area contributed by atoms with Crippen LogP contribution < -0.4 is 0 Å². The SMILES string of the molecule is O=[N+]([O-])c1ccc(F)c(F)c1-n1cc(CCCl)nn1. The van der Waals surface area contributed by atoms with Crippen LogP contribution in [0.1, 0.15) is 5.69 Å². The predicted molar refractivity (Wildman–Crippen MR) is 62.4 cm³/mol. The second-order valence-corrected chi connectivity index (χ2v) is 3.96. The second-order valence-electron chi connectivity index (χ2n) is 3.58. The fourth-order valence-corrected chi connectivity index (χ4v) is 1.71. The average molecular weight is 289 g/mol. The highest BCUT2D eigenvalue weighted by Crippen LogP contribution is 2.27. The Morgan fingerprint density at radius 2 is 2.16 bits per heavy atom. The van der Waals surface area contributed by atoms with Crippen LogP contribution in [0.2, 0.25) is 0 Å². The van der Waals surface area contributed by atoms with Gasteiger partial charge in [0.2, 0.25) is 0 Å². The van der Waals surface area contributed by atoms with Crippen LogP contribution in [0, 0.1) is 21.7 Å². The van der Waals surface area contributed by atoms with Crippen molar-refractivity contribution in [3.63, 3.8) is 0 Å². The average Bonchev–Trinajstić information content (AvgIpc) is 2.81. The third-order valence-electron chi connectivity index (χ3n) is 2.37. The van der Waals surface area contributed by atoms with Gasteiger partial charge in [0.15, 0.2) is 17.3 Å². The zero-order valence-corrected chi connectivity index (χ0v) is 10.1. The summed E-state index contributed by atoms with van der Waals surface area (Å²) in [5.74, 6) is -2.28. The predicted octanol–water partition coefficient (Wildman–Crippen LogP) is 2.23. The van der Waals surface area contributed by atoms with Crippen molar-refractivity contribution in [2.75, 3.05) is 5.88 Å². The third kappa shape index (κ3) is 2.53. The number of aryl methyl sites for hydroxylation is 1. The van der Waals surface area contributed by atoms with E-state index < -0.39 is 27.9 Å². The maximum Gasteiger partial charge on any atom is 0.298 e. The summed E-state index contributed by atoms with van der Waals surface area (Å²) in [6, 6.07) is 1.56. The molecule has 1 aromatic carbocycles. The van der Waals surface area contributed by atoms with Crippen molar-refractivity contribution >= 4 is 17.3 Å². The van der Waals surface area contributed by atoms with Crippen molar-refractivity contribution < 1.29 is 13.7 Å². The number of aromatic nitrogens is 3. The Kier molecular flexibility index (Phi) is 3.70. The first-order chi connectivity index (χ1) is 9.04.